The second-order valence-corrected chi connectivity index (χ2v) is 5.18. The molecule has 0 aromatic heterocycles. The van der Waals surface area contributed by atoms with Gasteiger partial charge >= 0.3 is 0 Å². The molecule has 5 nitrogen and oxygen atoms in total. The molecule has 5 heteroatoms. The van der Waals surface area contributed by atoms with E-state index in [4.69, 9.17) is 5.84 Å². The van der Waals surface area contributed by atoms with Gasteiger partial charge in [0.05, 0.1) is 11.3 Å². The molecule has 1 saturated heterocycles. The third-order valence-corrected chi connectivity index (χ3v) is 3.74. The van der Waals surface area contributed by atoms with Gasteiger partial charge in [-0.1, -0.05) is 6.07 Å². The van der Waals surface area contributed by atoms with E-state index in [-0.39, 0.29) is 5.91 Å². The molecule has 1 aliphatic rings. The summed E-state index contributed by atoms with van der Waals surface area (Å²) in [6, 6.07) is 6.04. The number of carbonyl (C=O) groups is 1. The number of likely N-dealkylation sites (tertiary alicyclic amines) is 1. The van der Waals surface area contributed by atoms with Crippen LogP contribution >= 0.6 is 0 Å². The van der Waals surface area contributed by atoms with E-state index in [9.17, 15) is 4.79 Å². The number of hydrazine groups is 1. The van der Waals surface area contributed by atoms with Gasteiger partial charge in [-0.3, -0.25) is 10.6 Å². The number of rotatable bonds is 4. The fourth-order valence-electron chi connectivity index (χ4n) is 2.52. The first-order valence-corrected chi connectivity index (χ1v) is 6.67. The molecule has 1 unspecified atom stereocenters. The van der Waals surface area contributed by atoms with Gasteiger partial charge < -0.3 is 15.6 Å². The molecule has 1 heterocycles. The van der Waals surface area contributed by atoms with E-state index < -0.39 is 0 Å². The van der Waals surface area contributed by atoms with Crippen LogP contribution in [0.2, 0.25) is 0 Å². The second kappa shape index (κ2) is 6.04. The predicted molar refractivity (Wildman–Crippen MR) is 77.0 cm³/mol. The Balaban J connectivity index is 1.99. The molecular weight excluding hydrogens is 240 g/mol. The van der Waals surface area contributed by atoms with Gasteiger partial charge in [-0.05, 0) is 51.1 Å². The number of aryl methyl sites for hydroxylation is 1. The van der Waals surface area contributed by atoms with E-state index in [0.717, 1.165) is 18.5 Å². The molecule has 0 bridgehead atoms. The van der Waals surface area contributed by atoms with E-state index in [2.05, 4.69) is 22.7 Å². The van der Waals surface area contributed by atoms with Crippen molar-refractivity contribution in [3.05, 3.63) is 29.3 Å². The SMILES string of the molecule is Cc1ccc(C(=O)NCC2CCCN2C)c(NN)c1. The number of benzene rings is 1. The Kier molecular flexibility index (Phi) is 4.39. The van der Waals surface area contributed by atoms with Gasteiger partial charge in [0, 0.05) is 12.6 Å². The van der Waals surface area contributed by atoms with Crippen molar-refractivity contribution in [2.75, 3.05) is 25.6 Å². The zero-order valence-corrected chi connectivity index (χ0v) is 11.6. The lowest BCUT2D eigenvalue weighted by Crippen LogP contribution is -2.38. The van der Waals surface area contributed by atoms with Crippen molar-refractivity contribution in [2.24, 2.45) is 5.84 Å². The van der Waals surface area contributed by atoms with Gasteiger partial charge in [0.1, 0.15) is 0 Å². The number of nitrogens with one attached hydrogen (secondary N) is 2. The van der Waals surface area contributed by atoms with Crippen LogP contribution in [0.4, 0.5) is 5.69 Å². The molecule has 1 aromatic rings. The summed E-state index contributed by atoms with van der Waals surface area (Å²) < 4.78 is 0. The normalized spacial score (nSPS) is 19.4. The molecule has 4 N–H and O–H groups in total. The summed E-state index contributed by atoms with van der Waals surface area (Å²) >= 11 is 0. The van der Waals surface area contributed by atoms with E-state index in [0.29, 0.717) is 23.8 Å². The topological polar surface area (TPSA) is 70.4 Å². The van der Waals surface area contributed by atoms with Crippen LogP contribution in [-0.4, -0.2) is 37.0 Å². The van der Waals surface area contributed by atoms with Crippen molar-refractivity contribution in [3.8, 4) is 0 Å². The van der Waals surface area contributed by atoms with Gasteiger partial charge in [0.25, 0.3) is 5.91 Å². The van der Waals surface area contributed by atoms with E-state index in [1.807, 2.05) is 19.1 Å². The number of likely N-dealkylation sites (N-methyl/N-ethyl adjacent to an activating group) is 1. The maximum Gasteiger partial charge on any atom is 0.253 e. The molecule has 1 aliphatic heterocycles. The molecule has 0 spiro atoms. The number of nitrogens with two attached hydrogens (primary N) is 1. The van der Waals surface area contributed by atoms with Crippen LogP contribution in [0.1, 0.15) is 28.8 Å². The second-order valence-electron chi connectivity index (χ2n) is 5.18. The lowest BCUT2D eigenvalue weighted by Gasteiger charge is -2.20. The Morgan fingerprint density at radius 3 is 2.95 bits per heavy atom. The Bertz CT molecular complexity index is 461. The summed E-state index contributed by atoms with van der Waals surface area (Å²) in [5.74, 6) is 5.38. The first-order chi connectivity index (χ1) is 9.11. The maximum atomic E-state index is 12.2. The highest BCUT2D eigenvalue weighted by Gasteiger charge is 2.21. The van der Waals surface area contributed by atoms with Crippen LogP contribution in [0.25, 0.3) is 0 Å². The van der Waals surface area contributed by atoms with Crippen LogP contribution in [-0.2, 0) is 0 Å². The highest BCUT2D eigenvalue weighted by atomic mass is 16.1. The first kappa shape index (κ1) is 13.8. The Hall–Kier alpha value is -1.59. The van der Waals surface area contributed by atoms with Crippen LogP contribution in [0.5, 0.6) is 0 Å². The smallest absolute Gasteiger partial charge is 0.253 e. The van der Waals surface area contributed by atoms with Crippen molar-refractivity contribution in [2.45, 2.75) is 25.8 Å². The third-order valence-electron chi connectivity index (χ3n) is 3.74. The van der Waals surface area contributed by atoms with Gasteiger partial charge in [-0.25, -0.2) is 0 Å². The average Bonchev–Trinajstić information content (AvgIpc) is 2.81. The van der Waals surface area contributed by atoms with Gasteiger partial charge in [-0.2, -0.15) is 0 Å². The Morgan fingerprint density at radius 2 is 2.32 bits per heavy atom. The number of anilines is 1. The molecule has 2 rings (SSSR count). The fourth-order valence-corrected chi connectivity index (χ4v) is 2.52. The number of nitrogens with zero attached hydrogens (tertiary/aromatic N) is 1. The van der Waals surface area contributed by atoms with Gasteiger partial charge in [0.2, 0.25) is 0 Å². The fraction of sp³-hybridized carbons (Fsp3) is 0.500. The summed E-state index contributed by atoms with van der Waals surface area (Å²) in [5.41, 5.74) is 4.91. The molecule has 104 valence electrons. The van der Waals surface area contributed by atoms with E-state index in [1.165, 1.54) is 6.42 Å². The molecule has 0 aliphatic carbocycles. The summed E-state index contributed by atoms with van der Waals surface area (Å²) in [6.07, 6.45) is 2.35. The predicted octanol–water partition coefficient (Wildman–Crippen LogP) is 1.10. The average molecular weight is 262 g/mol. The molecular formula is C14H22N4O. The number of amides is 1. The molecule has 1 fully saturated rings. The monoisotopic (exact) mass is 262 g/mol. The highest BCUT2D eigenvalue weighted by molar-refractivity contribution is 5.99. The Morgan fingerprint density at radius 1 is 1.53 bits per heavy atom. The van der Waals surface area contributed by atoms with Crippen LogP contribution < -0.4 is 16.6 Å². The minimum atomic E-state index is -0.0757. The minimum Gasteiger partial charge on any atom is -0.350 e. The van der Waals surface area contributed by atoms with E-state index in [1.54, 1.807) is 6.07 Å². The number of nitrogen functional groups attached to an aromatic ring is 1. The van der Waals surface area contributed by atoms with Gasteiger partial charge in [0.15, 0.2) is 0 Å². The summed E-state index contributed by atoms with van der Waals surface area (Å²) in [6.45, 7) is 3.77. The van der Waals surface area contributed by atoms with Crippen molar-refractivity contribution < 1.29 is 4.79 Å². The van der Waals surface area contributed by atoms with Crippen LogP contribution in [0, 0.1) is 6.92 Å². The lowest BCUT2D eigenvalue weighted by molar-refractivity contribution is 0.0944. The van der Waals surface area contributed by atoms with Crippen molar-refractivity contribution in [1.82, 2.24) is 10.2 Å². The number of hydrogen-bond donors (Lipinski definition) is 3. The quantitative estimate of drug-likeness (QED) is 0.561. The molecule has 19 heavy (non-hydrogen) atoms. The third kappa shape index (κ3) is 3.24. The zero-order chi connectivity index (χ0) is 13.8. The van der Waals surface area contributed by atoms with Gasteiger partial charge in [-0.15, -0.1) is 0 Å². The van der Waals surface area contributed by atoms with Crippen LogP contribution in [0.15, 0.2) is 18.2 Å². The zero-order valence-electron chi connectivity index (χ0n) is 11.6. The minimum absolute atomic E-state index is 0.0757. The van der Waals surface area contributed by atoms with Crippen molar-refractivity contribution >= 4 is 11.6 Å². The largest absolute Gasteiger partial charge is 0.350 e. The highest BCUT2D eigenvalue weighted by Crippen LogP contribution is 2.17. The molecule has 1 amide bonds. The molecule has 0 radical (unpaired) electrons. The van der Waals surface area contributed by atoms with Crippen molar-refractivity contribution in [3.63, 3.8) is 0 Å². The Labute approximate surface area is 114 Å². The van der Waals surface area contributed by atoms with Crippen molar-refractivity contribution in [1.29, 1.82) is 0 Å². The van der Waals surface area contributed by atoms with E-state index >= 15 is 0 Å². The van der Waals surface area contributed by atoms with Crippen LogP contribution in [0.3, 0.4) is 0 Å². The lowest BCUT2D eigenvalue weighted by atomic mass is 10.1. The number of carbonyl (C=O) groups excluding carboxylic acids is 1. The maximum absolute atomic E-state index is 12.2. The summed E-state index contributed by atoms with van der Waals surface area (Å²) in [4.78, 5) is 14.5. The molecule has 1 atom stereocenters. The molecule has 0 saturated carbocycles. The summed E-state index contributed by atoms with van der Waals surface area (Å²) in [7, 11) is 2.10. The first-order valence-electron chi connectivity index (χ1n) is 6.67. The number of hydrogen-bond acceptors (Lipinski definition) is 4. The molecule has 1 aromatic carbocycles. The standard InChI is InChI=1S/C14H22N4O/c1-10-5-6-12(13(8-10)17-15)14(19)16-9-11-4-3-7-18(11)2/h5-6,8,11,17H,3-4,7,9,15H2,1-2H3,(H,16,19). The summed E-state index contributed by atoms with van der Waals surface area (Å²) in [5, 5.41) is 2.99.